The van der Waals surface area contributed by atoms with Crippen LogP contribution in [-0.4, -0.2) is 30.3 Å². The maximum atomic E-state index is 14.9. The third-order valence-corrected chi connectivity index (χ3v) is 5.60. The SMILES string of the molecule is CCOC(C(=O)NCc1ccc(C(=N)N)cc1)c1c(F)cc(C(=O)NC2CCCC2)cc1F.Cl. The molecule has 3 rings (SSSR count). The third kappa shape index (κ3) is 6.74. The largest absolute Gasteiger partial charge is 0.384 e. The minimum Gasteiger partial charge on any atom is -0.384 e. The number of halogens is 3. The predicted octanol–water partition coefficient (Wildman–Crippen LogP) is 3.74. The van der Waals surface area contributed by atoms with Crippen molar-refractivity contribution in [3.63, 3.8) is 0 Å². The molecule has 2 amide bonds. The summed E-state index contributed by atoms with van der Waals surface area (Å²) < 4.78 is 35.1. The van der Waals surface area contributed by atoms with Gasteiger partial charge < -0.3 is 21.1 Å². The van der Waals surface area contributed by atoms with Gasteiger partial charge in [0.05, 0.1) is 5.56 Å². The highest BCUT2D eigenvalue weighted by molar-refractivity contribution is 5.95. The molecule has 0 spiro atoms. The van der Waals surface area contributed by atoms with E-state index in [1.165, 1.54) is 0 Å². The molecule has 0 saturated heterocycles. The van der Waals surface area contributed by atoms with Crippen LogP contribution in [0, 0.1) is 17.0 Å². The van der Waals surface area contributed by atoms with Crippen molar-refractivity contribution in [2.75, 3.05) is 6.61 Å². The Kier molecular flexibility index (Phi) is 9.95. The molecule has 1 fully saturated rings. The van der Waals surface area contributed by atoms with Gasteiger partial charge in [-0.15, -0.1) is 12.4 Å². The zero-order valence-electron chi connectivity index (χ0n) is 18.8. The van der Waals surface area contributed by atoms with Crippen LogP contribution >= 0.6 is 12.4 Å². The van der Waals surface area contributed by atoms with Gasteiger partial charge in [-0.1, -0.05) is 37.1 Å². The molecule has 5 N–H and O–H groups in total. The van der Waals surface area contributed by atoms with E-state index < -0.39 is 35.1 Å². The lowest BCUT2D eigenvalue weighted by atomic mass is 10.0. The maximum Gasteiger partial charge on any atom is 0.254 e. The van der Waals surface area contributed by atoms with Crippen molar-refractivity contribution in [1.29, 1.82) is 5.41 Å². The first-order valence-electron chi connectivity index (χ1n) is 10.9. The van der Waals surface area contributed by atoms with Gasteiger partial charge in [-0.25, -0.2) is 8.78 Å². The number of nitrogens with two attached hydrogens (primary N) is 1. The van der Waals surface area contributed by atoms with Gasteiger partial charge in [-0.05, 0) is 37.5 Å². The van der Waals surface area contributed by atoms with Crippen LogP contribution in [0.2, 0.25) is 0 Å². The number of amidine groups is 1. The number of nitrogen functional groups attached to an aromatic ring is 1. The molecule has 0 radical (unpaired) electrons. The van der Waals surface area contributed by atoms with E-state index in [0.29, 0.717) is 11.1 Å². The number of rotatable bonds is 9. The Labute approximate surface area is 203 Å². The lowest BCUT2D eigenvalue weighted by Gasteiger charge is -2.19. The summed E-state index contributed by atoms with van der Waals surface area (Å²) in [5.74, 6) is -3.38. The van der Waals surface area contributed by atoms with Crippen molar-refractivity contribution in [2.24, 2.45) is 5.73 Å². The second kappa shape index (κ2) is 12.4. The maximum absolute atomic E-state index is 14.9. The van der Waals surface area contributed by atoms with Gasteiger partial charge in [0.25, 0.3) is 11.8 Å². The first kappa shape index (κ1) is 27.2. The summed E-state index contributed by atoms with van der Waals surface area (Å²) in [4.78, 5) is 25.1. The van der Waals surface area contributed by atoms with E-state index in [1.54, 1.807) is 31.2 Å². The highest BCUT2D eigenvalue weighted by Crippen LogP contribution is 2.26. The molecule has 1 aliphatic carbocycles. The molecule has 0 aromatic heterocycles. The lowest BCUT2D eigenvalue weighted by Crippen LogP contribution is -2.33. The Balaban J connectivity index is 0.00000408. The highest BCUT2D eigenvalue weighted by atomic mass is 35.5. The van der Waals surface area contributed by atoms with Gasteiger partial charge in [-0.2, -0.15) is 0 Å². The summed E-state index contributed by atoms with van der Waals surface area (Å²) in [6.45, 7) is 1.75. The minimum atomic E-state index is -1.52. The fraction of sp³-hybridized carbons (Fsp3) is 0.375. The van der Waals surface area contributed by atoms with Crippen molar-refractivity contribution in [3.05, 3.63) is 70.3 Å². The van der Waals surface area contributed by atoms with E-state index in [1.807, 2.05) is 0 Å². The molecule has 184 valence electrons. The van der Waals surface area contributed by atoms with Crippen molar-refractivity contribution in [2.45, 2.75) is 51.3 Å². The van der Waals surface area contributed by atoms with Crippen LogP contribution < -0.4 is 16.4 Å². The zero-order chi connectivity index (χ0) is 24.0. The molecule has 10 heteroatoms. The minimum absolute atomic E-state index is 0. The van der Waals surface area contributed by atoms with Gasteiger partial charge in [-0.3, -0.25) is 15.0 Å². The summed E-state index contributed by atoms with van der Waals surface area (Å²) in [5, 5.41) is 12.8. The van der Waals surface area contributed by atoms with Gasteiger partial charge in [0.15, 0.2) is 6.10 Å². The summed E-state index contributed by atoms with van der Waals surface area (Å²) >= 11 is 0. The van der Waals surface area contributed by atoms with Crippen molar-refractivity contribution < 1.29 is 23.1 Å². The second-order valence-corrected chi connectivity index (χ2v) is 7.97. The van der Waals surface area contributed by atoms with E-state index in [0.717, 1.165) is 37.8 Å². The number of nitrogens with one attached hydrogen (secondary N) is 3. The number of carbonyl (C=O) groups excluding carboxylic acids is 2. The topological polar surface area (TPSA) is 117 Å². The van der Waals surface area contributed by atoms with Crippen molar-refractivity contribution in [1.82, 2.24) is 10.6 Å². The molecule has 1 unspecified atom stereocenters. The van der Waals surface area contributed by atoms with E-state index in [2.05, 4.69) is 10.6 Å². The molecule has 1 atom stereocenters. The number of carbonyl (C=O) groups is 2. The first-order chi connectivity index (χ1) is 15.8. The van der Waals surface area contributed by atoms with Gasteiger partial charge in [0, 0.05) is 30.3 Å². The lowest BCUT2D eigenvalue weighted by molar-refractivity contribution is -0.133. The molecule has 1 aliphatic rings. The van der Waals surface area contributed by atoms with Crippen LogP contribution in [0.3, 0.4) is 0 Å². The van der Waals surface area contributed by atoms with Crippen LogP contribution in [0.15, 0.2) is 36.4 Å². The Bertz CT molecular complexity index is 1000. The molecule has 2 aromatic rings. The fourth-order valence-electron chi connectivity index (χ4n) is 3.85. The molecule has 34 heavy (non-hydrogen) atoms. The molecule has 1 saturated carbocycles. The summed E-state index contributed by atoms with van der Waals surface area (Å²) in [5.41, 5.74) is 5.99. The number of amides is 2. The third-order valence-electron chi connectivity index (χ3n) is 5.60. The Morgan fingerprint density at radius 3 is 2.24 bits per heavy atom. The van der Waals surface area contributed by atoms with Gasteiger partial charge >= 0.3 is 0 Å². The van der Waals surface area contributed by atoms with Crippen LogP contribution in [0.5, 0.6) is 0 Å². The molecule has 7 nitrogen and oxygen atoms in total. The van der Waals surface area contributed by atoms with Crippen molar-refractivity contribution >= 4 is 30.1 Å². The molecule has 0 aliphatic heterocycles. The van der Waals surface area contributed by atoms with E-state index in [9.17, 15) is 18.4 Å². The number of hydrogen-bond donors (Lipinski definition) is 4. The molecule has 0 heterocycles. The van der Waals surface area contributed by atoms with E-state index >= 15 is 0 Å². The van der Waals surface area contributed by atoms with Crippen molar-refractivity contribution in [3.8, 4) is 0 Å². The molecular formula is C24H29ClF2N4O3. The highest BCUT2D eigenvalue weighted by Gasteiger charge is 2.29. The monoisotopic (exact) mass is 494 g/mol. The van der Waals surface area contributed by atoms with Gasteiger partial charge in [0.1, 0.15) is 17.5 Å². The molecule has 2 aromatic carbocycles. The zero-order valence-corrected chi connectivity index (χ0v) is 19.6. The Hall–Kier alpha value is -3.04. The smallest absolute Gasteiger partial charge is 0.254 e. The number of ether oxygens (including phenoxy) is 1. The standard InChI is InChI=1S/C24H28F2N4O3.ClH/c1-2-33-21(24(32)29-13-14-7-9-15(10-8-14)22(27)28)20-18(25)11-16(12-19(20)26)23(31)30-17-5-3-4-6-17;/h7-12,17,21H,2-6,13H2,1H3,(H3,27,28)(H,29,32)(H,30,31);1H. The predicted molar refractivity (Wildman–Crippen MR) is 127 cm³/mol. The Morgan fingerprint density at radius 1 is 1.12 bits per heavy atom. The van der Waals surface area contributed by atoms with E-state index in [-0.39, 0.29) is 43.0 Å². The summed E-state index contributed by atoms with van der Waals surface area (Å²) in [6.07, 6.45) is 2.20. The first-order valence-corrected chi connectivity index (χ1v) is 10.9. The van der Waals surface area contributed by atoms with Crippen LogP contribution in [-0.2, 0) is 16.1 Å². The Morgan fingerprint density at radius 2 is 1.71 bits per heavy atom. The van der Waals surface area contributed by atoms with Crippen LogP contribution in [0.25, 0.3) is 0 Å². The second-order valence-electron chi connectivity index (χ2n) is 7.97. The van der Waals surface area contributed by atoms with Crippen LogP contribution in [0.4, 0.5) is 8.78 Å². The number of benzene rings is 2. The number of hydrogen-bond acceptors (Lipinski definition) is 4. The quantitative estimate of drug-likeness (QED) is 0.314. The van der Waals surface area contributed by atoms with Gasteiger partial charge in [0.2, 0.25) is 0 Å². The summed E-state index contributed by atoms with van der Waals surface area (Å²) in [7, 11) is 0. The van der Waals surface area contributed by atoms with E-state index in [4.69, 9.17) is 15.9 Å². The fourth-order valence-corrected chi connectivity index (χ4v) is 3.85. The normalized spacial score (nSPS) is 14.2. The molecular weight excluding hydrogens is 466 g/mol. The molecule has 0 bridgehead atoms. The summed E-state index contributed by atoms with van der Waals surface area (Å²) in [6, 6.07) is 8.52. The van der Waals surface area contributed by atoms with Crippen LogP contribution in [0.1, 0.15) is 65.8 Å². The average Bonchev–Trinajstić information content (AvgIpc) is 3.29. The average molecular weight is 495 g/mol.